The minimum atomic E-state index is 1.06. The van der Waals surface area contributed by atoms with Gasteiger partial charge in [0.2, 0.25) is 0 Å². The molecule has 2 nitrogen and oxygen atoms in total. The summed E-state index contributed by atoms with van der Waals surface area (Å²) in [5.41, 5.74) is 2.25. The Morgan fingerprint density at radius 1 is 1.40 bits per heavy atom. The van der Waals surface area contributed by atoms with Gasteiger partial charge in [-0.1, -0.05) is 0 Å². The number of hydrogen-bond acceptors (Lipinski definition) is 1. The van der Waals surface area contributed by atoms with Crippen LogP contribution in [0.2, 0.25) is 0 Å². The lowest BCUT2D eigenvalue weighted by molar-refractivity contribution is 1.27. The van der Waals surface area contributed by atoms with Gasteiger partial charge in [0.15, 0.2) is 0 Å². The van der Waals surface area contributed by atoms with Crippen LogP contribution < -0.4 is 0 Å². The van der Waals surface area contributed by atoms with Gasteiger partial charge in [0.1, 0.15) is 0 Å². The predicted octanol–water partition coefficient (Wildman–Crippen LogP) is 2.19. The molecule has 2 aliphatic rings. The van der Waals surface area contributed by atoms with Crippen LogP contribution in [0.1, 0.15) is 0 Å². The van der Waals surface area contributed by atoms with Crippen molar-refractivity contribution in [3.8, 4) is 11.3 Å². The summed E-state index contributed by atoms with van der Waals surface area (Å²) in [6.45, 7) is 0. The summed E-state index contributed by atoms with van der Waals surface area (Å²) in [5, 5.41) is 0. The minimum absolute atomic E-state index is 1.06. The molecule has 0 saturated carbocycles. The Morgan fingerprint density at radius 3 is 3.20 bits per heavy atom. The third-order valence-electron chi connectivity index (χ3n) is 1.40. The molecule has 0 atom stereocenters. The minimum Gasteiger partial charge on any atom is -0.297 e. The van der Waals surface area contributed by atoms with Crippen LogP contribution in [-0.4, -0.2) is 7.76 Å². The number of fused-ring (bicyclic) bond motifs is 1. The van der Waals surface area contributed by atoms with Gasteiger partial charge in [0.05, 0.1) is 28.6 Å². The molecule has 0 bridgehead atoms. The summed E-state index contributed by atoms with van der Waals surface area (Å²) in [6.07, 6.45) is 5.85. The Hall–Kier alpha value is -0.580. The molecule has 0 saturated heterocycles. The standard InChI is InChI=1S/C7H5IN2/c8-10-4-2-7-6(5-10)1-3-9-7/h1-5H. The van der Waals surface area contributed by atoms with Gasteiger partial charge < -0.3 is 0 Å². The maximum Gasteiger partial charge on any atom is 0.0732 e. The highest BCUT2D eigenvalue weighted by molar-refractivity contribution is 14.1. The molecule has 0 N–H and O–H groups in total. The predicted molar refractivity (Wildman–Crippen MR) is 48.3 cm³/mol. The zero-order valence-electron chi connectivity index (χ0n) is 5.16. The second-order valence-electron chi connectivity index (χ2n) is 2.07. The molecule has 2 heterocycles. The molecule has 0 aromatic carbocycles. The van der Waals surface area contributed by atoms with E-state index in [1.165, 1.54) is 5.56 Å². The SMILES string of the molecule is In1ccc2nccc-2c1. The van der Waals surface area contributed by atoms with Crippen LogP contribution in [0.3, 0.4) is 0 Å². The second kappa shape index (κ2) is 2.23. The summed E-state index contributed by atoms with van der Waals surface area (Å²) >= 11 is 2.21. The van der Waals surface area contributed by atoms with Crippen LogP contribution in [0, 0.1) is 0 Å². The molecule has 2 aliphatic heterocycles. The Kier molecular flexibility index (Phi) is 1.37. The molecule has 0 radical (unpaired) electrons. The van der Waals surface area contributed by atoms with Gasteiger partial charge in [0, 0.05) is 24.2 Å². The van der Waals surface area contributed by atoms with E-state index >= 15 is 0 Å². The number of halogens is 1. The first-order valence-electron chi connectivity index (χ1n) is 2.95. The van der Waals surface area contributed by atoms with Crippen molar-refractivity contribution in [1.82, 2.24) is 7.76 Å². The van der Waals surface area contributed by atoms with Crippen molar-refractivity contribution in [3.63, 3.8) is 0 Å². The molecule has 0 aliphatic carbocycles. The van der Waals surface area contributed by atoms with Crippen molar-refractivity contribution in [1.29, 1.82) is 0 Å². The zero-order chi connectivity index (χ0) is 6.97. The fourth-order valence-electron chi connectivity index (χ4n) is 0.924. The highest BCUT2D eigenvalue weighted by Crippen LogP contribution is 2.18. The third-order valence-corrected chi connectivity index (χ3v) is 2.00. The first-order chi connectivity index (χ1) is 4.86. The first kappa shape index (κ1) is 6.15. The molecule has 50 valence electrons. The summed E-state index contributed by atoms with van der Waals surface area (Å²) < 4.78 is 1.99. The van der Waals surface area contributed by atoms with Gasteiger partial charge >= 0.3 is 0 Å². The van der Waals surface area contributed by atoms with Crippen molar-refractivity contribution in [3.05, 3.63) is 30.7 Å². The van der Waals surface area contributed by atoms with Crippen molar-refractivity contribution in [2.24, 2.45) is 0 Å². The molecule has 10 heavy (non-hydrogen) atoms. The fraction of sp³-hybridized carbons (Fsp3) is 0. The number of pyridine rings is 1. The maximum atomic E-state index is 4.14. The molecular formula is C7H5IN2. The van der Waals surface area contributed by atoms with Gasteiger partial charge in [-0.15, -0.1) is 0 Å². The highest BCUT2D eigenvalue weighted by atomic mass is 127. The van der Waals surface area contributed by atoms with Crippen molar-refractivity contribution >= 4 is 22.9 Å². The molecule has 0 unspecified atom stereocenters. The smallest absolute Gasteiger partial charge is 0.0732 e. The summed E-state index contributed by atoms with van der Waals surface area (Å²) in [6, 6.07) is 4.01. The largest absolute Gasteiger partial charge is 0.297 e. The maximum absolute atomic E-state index is 4.14. The van der Waals surface area contributed by atoms with Gasteiger partial charge in [-0.05, 0) is 12.1 Å². The quantitative estimate of drug-likeness (QED) is 0.649. The van der Waals surface area contributed by atoms with Gasteiger partial charge in [-0.25, -0.2) is 0 Å². The van der Waals surface area contributed by atoms with E-state index in [1.54, 1.807) is 0 Å². The normalized spacial score (nSPS) is 10.5. The van der Waals surface area contributed by atoms with E-state index in [0.717, 1.165) is 5.69 Å². The number of nitrogens with zero attached hydrogens (tertiary/aromatic N) is 2. The van der Waals surface area contributed by atoms with Gasteiger partial charge in [-0.3, -0.25) is 7.76 Å². The second-order valence-corrected chi connectivity index (χ2v) is 3.19. The lowest BCUT2D eigenvalue weighted by atomic mass is 10.2. The molecule has 0 amide bonds. The van der Waals surface area contributed by atoms with E-state index in [1.807, 2.05) is 33.5 Å². The van der Waals surface area contributed by atoms with Crippen LogP contribution >= 0.6 is 22.9 Å². The van der Waals surface area contributed by atoms with Crippen LogP contribution in [-0.2, 0) is 0 Å². The van der Waals surface area contributed by atoms with E-state index in [9.17, 15) is 0 Å². The van der Waals surface area contributed by atoms with Crippen molar-refractivity contribution in [2.45, 2.75) is 0 Å². The number of hydrogen-bond donors (Lipinski definition) is 0. The number of rotatable bonds is 0. The molecule has 0 aromatic heterocycles. The van der Waals surface area contributed by atoms with Crippen molar-refractivity contribution < 1.29 is 0 Å². The number of aromatic nitrogens is 2. The van der Waals surface area contributed by atoms with Gasteiger partial charge in [0.25, 0.3) is 0 Å². The van der Waals surface area contributed by atoms with Crippen LogP contribution in [0.15, 0.2) is 30.7 Å². The van der Waals surface area contributed by atoms with E-state index in [2.05, 4.69) is 27.8 Å². The van der Waals surface area contributed by atoms with E-state index < -0.39 is 0 Å². The van der Waals surface area contributed by atoms with Crippen LogP contribution in [0.4, 0.5) is 0 Å². The molecule has 3 heteroatoms. The fourth-order valence-corrected chi connectivity index (χ4v) is 1.38. The van der Waals surface area contributed by atoms with Crippen LogP contribution in [0.25, 0.3) is 11.3 Å². The molecule has 0 fully saturated rings. The average Bonchev–Trinajstić information content (AvgIpc) is 2.33. The Labute approximate surface area is 72.7 Å². The summed E-state index contributed by atoms with van der Waals surface area (Å²) in [7, 11) is 0. The molecule has 0 aromatic rings. The topological polar surface area (TPSA) is 17.8 Å². The van der Waals surface area contributed by atoms with E-state index in [-0.39, 0.29) is 0 Å². The average molecular weight is 244 g/mol. The van der Waals surface area contributed by atoms with Gasteiger partial charge in [-0.2, -0.15) is 0 Å². The van der Waals surface area contributed by atoms with Crippen molar-refractivity contribution in [2.75, 3.05) is 0 Å². The lowest BCUT2D eigenvalue weighted by Crippen LogP contribution is -1.82. The third kappa shape index (κ3) is 0.901. The highest BCUT2D eigenvalue weighted by Gasteiger charge is 2.00. The summed E-state index contributed by atoms with van der Waals surface area (Å²) in [4.78, 5) is 4.14. The molecule has 2 rings (SSSR count). The van der Waals surface area contributed by atoms with E-state index in [0.29, 0.717) is 0 Å². The zero-order valence-corrected chi connectivity index (χ0v) is 7.32. The van der Waals surface area contributed by atoms with E-state index in [4.69, 9.17) is 0 Å². The Morgan fingerprint density at radius 2 is 2.30 bits per heavy atom. The molecule has 0 spiro atoms. The first-order valence-corrected chi connectivity index (χ1v) is 3.91. The monoisotopic (exact) mass is 244 g/mol. The Balaban J connectivity index is 2.75. The molecular weight excluding hydrogens is 239 g/mol. The van der Waals surface area contributed by atoms with Crippen LogP contribution in [0.5, 0.6) is 0 Å². The Bertz CT molecular complexity index is 315. The lowest BCUT2D eigenvalue weighted by Gasteiger charge is -1.97. The summed E-state index contributed by atoms with van der Waals surface area (Å²) in [5.74, 6) is 0.